The summed E-state index contributed by atoms with van der Waals surface area (Å²) in [7, 11) is 3.31. The number of pyridine rings is 1. The van der Waals surface area contributed by atoms with Crippen molar-refractivity contribution in [3.05, 3.63) is 65.9 Å². The van der Waals surface area contributed by atoms with Gasteiger partial charge in [0.05, 0.1) is 25.6 Å². The zero-order valence-electron chi connectivity index (χ0n) is 20.2. The number of nitrogens with zero attached hydrogens (tertiary/aromatic N) is 4. The van der Waals surface area contributed by atoms with E-state index in [2.05, 4.69) is 27.3 Å². The van der Waals surface area contributed by atoms with Gasteiger partial charge in [-0.15, -0.1) is 0 Å². The zero-order valence-corrected chi connectivity index (χ0v) is 20.2. The number of aryl methyl sites for hydroxylation is 1. The quantitative estimate of drug-likeness (QED) is 0.549. The number of methoxy groups -OCH3 is 2. The van der Waals surface area contributed by atoms with E-state index in [0.717, 1.165) is 53.9 Å². The van der Waals surface area contributed by atoms with E-state index < -0.39 is 0 Å². The van der Waals surface area contributed by atoms with Gasteiger partial charge < -0.3 is 14.8 Å². The lowest BCUT2D eigenvalue weighted by Gasteiger charge is -2.50. The summed E-state index contributed by atoms with van der Waals surface area (Å²) in [6.45, 7) is 6.03. The lowest BCUT2D eigenvalue weighted by molar-refractivity contribution is 0.0292. The van der Waals surface area contributed by atoms with Gasteiger partial charge in [-0.25, -0.2) is 9.97 Å². The summed E-state index contributed by atoms with van der Waals surface area (Å²) in [6, 6.07) is 14.8. The van der Waals surface area contributed by atoms with Crippen molar-refractivity contribution >= 4 is 0 Å². The molecule has 3 fully saturated rings. The Labute approximate surface area is 201 Å². The molecule has 3 saturated heterocycles. The normalized spacial score (nSPS) is 23.6. The van der Waals surface area contributed by atoms with Crippen LogP contribution in [0.1, 0.15) is 36.0 Å². The largest absolute Gasteiger partial charge is 0.493 e. The van der Waals surface area contributed by atoms with Crippen LogP contribution >= 0.6 is 0 Å². The molecular weight excluding hydrogens is 426 g/mol. The first-order valence-electron chi connectivity index (χ1n) is 12.1. The second kappa shape index (κ2) is 10.1. The van der Waals surface area contributed by atoms with Crippen molar-refractivity contribution in [1.82, 2.24) is 25.2 Å². The van der Waals surface area contributed by atoms with Crippen molar-refractivity contribution in [3.8, 4) is 22.8 Å². The highest BCUT2D eigenvalue weighted by Gasteiger charge is 2.41. The first kappa shape index (κ1) is 22.7. The number of aromatic nitrogens is 3. The summed E-state index contributed by atoms with van der Waals surface area (Å²) >= 11 is 0. The van der Waals surface area contributed by atoms with E-state index in [1.54, 1.807) is 14.2 Å². The van der Waals surface area contributed by atoms with Crippen LogP contribution < -0.4 is 14.8 Å². The first-order valence-corrected chi connectivity index (χ1v) is 12.1. The lowest BCUT2D eigenvalue weighted by atomic mass is 9.74. The van der Waals surface area contributed by atoms with Crippen LogP contribution in [0.4, 0.5) is 0 Å². The Morgan fingerprint density at radius 3 is 2.68 bits per heavy atom. The van der Waals surface area contributed by atoms with Gasteiger partial charge in [-0.1, -0.05) is 6.07 Å². The minimum atomic E-state index is 0.446. The molecule has 1 aromatic carbocycles. The van der Waals surface area contributed by atoms with E-state index in [1.807, 2.05) is 43.5 Å². The van der Waals surface area contributed by atoms with E-state index in [-0.39, 0.29) is 0 Å². The summed E-state index contributed by atoms with van der Waals surface area (Å²) in [5.41, 5.74) is 4.21. The molecular formula is C27H33N5O2. The average Bonchev–Trinajstić information content (AvgIpc) is 2.89. The topological polar surface area (TPSA) is 72.4 Å². The summed E-state index contributed by atoms with van der Waals surface area (Å²) < 4.78 is 10.9. The third kappa shape index (κ3) is 4.76. The SMILES string of the molecule is COc1ccc(-c2cc([C@H]3CN4CC[C@H]3C[C@@H]4CNCc3ccccn3)nc(C)n2)cc1OC. The average molecular weight is 460 g/mol. The number of ether oxygens (including phenoxy) is 2. The summed E-state index contributed by atoms with van der Waals surface area (Å²) in [5.74, 6) is 3.34. The Kier molecular flexibility index (Phi) is 6.74. The highest BCUT2D eigenvalue weighted by atomic mass is 16.5. The smallest absolute Gasteiger partial charge is 0.161 e. The minimum Gasteiger partial charge on any atom is -0.493 e. The molecule has 1 unspecified atom stereocenters. The summed E-state index contributed by atoms with van der Waals surface area (Å²) in [6.07, 6.45) is 4.29. The second-order valence-corrected chi connectivity index (χ2v) is 9.29. The number of hydrogen-bond acceptors (Lipinski definition) is 7. The third-order valence-electron chi connectivity index (χ3n) is 7.21. The van der Waals surface area contributed by atoms with Crippen molar-refractivity contribution in [3.63, 3.8) is 0 Å². The van der Waals surface area contributed by atoms with Crippen molar-refractivity contribution in [1.29, 1.82) is 0 Å². The van der Waals surface area contributed by atoms with Crippen LogP contribution in [0.3, 0.4) is 0 Å². The van der Waals surface area contributed by atoms with Crippen LogP contribution in [-0.2, 0) is 6.54 Å². The third-order valence-corrected chi connectivity index (χ3v) is 7.21. The van der Waals surface area contributed by atoms with Crippen LogP contribution in [-0.4, -0.2) is 59.7 Å². The number of nitrogens with one attached hydrogen (secondary N) is 1. The van der Waals surface area contributed by atoms with Gasteiger partial charge in [0.1, 0.15) is 5.82 Å². The van der Waals surface area contributed by atoms with Crippen LogP contribution in [0, 0.1) is 12.8 Å². The highest BCUT2D eigenvalue weighted by Crippen LogP contribution is 2.42. The van der Waals surface area contributed by atoms with Crippen LogP contribution in [0.2, 0.25) is 0 Å². The Morgan fingerprint density at radius 1 is 1.06 bits per heavy atom. The molecule has 5 heterocycles. The van der Waals surface area contributed by atoms with Crippen molar-refractivity contribution in [2.24, 2.45) is 5.92 Å². The zero-order chi connectivity index (χ0) is 23.5. The van der Waals surface area contributed by atoms with E-state index >= 15 is 0 Å². The maximum absolute atomic E-state index is 5.50. The number of hydrogen-bond donors (Lipinski definition) is 1. The Balaban J connectivity index is 1.29. The molecule has 3 aromatic rings. The highest BCUT2D eigenvalue weighted by molar-refractivity contribution is 5.64. The number of rotatable bonds is 8. The maximum Gasteiger partial charge on any atom is 0.161 e. The monoisotopic (exact) mass is 459 g/mol. The standard InChI is InChI=1S/C27H33N5O2/c1-18-30-24(20-7-8-26(33-2)27(13-20)34-3)14-25(31-18)23-17-32-11-9-19(23)12-22(32)16-28-15-21-6-4-5-10-29-21/h4-8,10,13-14,19,22-23,28H,9,11-12,15-17H2,1-3H3/t19-,22+,23-/m0/s1. The Morgan fingerprint density at radius 2 is 1.94 bits per heavy atom. The van der Waals surface area contributed by atoms with Gasteiger partial charge in [-0.05, 0) is 68.6 Å². The molecule has 0 amide bonds. The minimum absolute atomic E-state index is 0.446. The van der Waals surface area contributed by atoms with Crippen molar-refractivity contribution in [2.45, 2.75) is 38.3 Å². The van der Waals surface area contributed by atoms with E-state index in [9.17, 15) is 0 Å². The lowest BCUT2D eigenvalue weighted by Crippen LogP contribution is -2.55. The van der Waals surface area contributed by atoms with E-state index in [1.165, 1.54) is 19.4 Å². The van der Waals surface area contributed by atoms with Crippen molar-refractivity contribution in [2.75, 3.05) is 33.9 Å². The molecule has 2 aromatic heterocycles. The first-order chi connectivity index (χ1) is 16.6. The molecule has 3 aliphatic heterocycles. The van der Waals surface area contributed by atoms with Crippen LogP contribution in [0.15, 0.2) is 48.7 Å². The molecule has 3 aliphatic rings. The second-order valence-electron chi connectivity index (χ2n) is 9.29. The van der Waals surface area contributed by atoms with Gasteiger partial charge in [0, 0.05) is 49.0 Å². The van der Waals surface area contributed by atoms with Crippen molar-refractivity contribution < 1.29 is 9.47 Å². The number of fused-ring (bicyclic) bond motifs is 3. The molecule has 4 atom stereocenters. The number of benzene rings is 1. The predicted octanol–water partition coefficient (Wildman–Crippen LogP) is 3.83. The van der Waals surface area contributed by atoms with Gasteiger partial charge in [0.15, 0.2) is 11.5 Å². The van der Waals surface area contributed by atoms with Gasteiger partial charge >= 0.3 is 0 Å². The molecule has 0 spiro atoms. The van der Waals surface area contributed by atoms with Gasteiger partial charge in [0.25, 0.3) is 0 Å². The maximum atomic E-state index is 5.50. The fourth-order valence-corrected chi connectivity index (χ4v) is 5.48. The molecule has 178 valence electrons. The number of piperidine rings is 3. The van der Waals surface area contributed by atoms with Gasteiger partial charge in [-0.2, -0.15) is 0 Å². The summed E-state index contributed by atoms with van der Waals surface area (Å²) in [5, 5.41) is 3.62. The predicted molar refractivity (Wildman–Crippen MR) is 132 cm³/mol. The molecule has 0 saturated carbocycles. The Hall–Kier alpha value is -3.03. The molecule has 2 bridgehead atoms. The van der Waals surface area contributed by atoms with Gasteiger partial charge in [-0.3, -0.25) is 9.88 Å². The van der Waals surface area contributed by atoms with Crippen LogP contribution in [0.5, 0.6) is 11.5 Å². The fourth-order valence-electron chi connectivity index (χ4n) is 5.48. The van der Waals surface area contributed by atoms with E-state index in [4.69, 9.17) is 19.4 Å². The van der Waals surface area contributed by atoms with Gasteiger partial charge in [0.2, 0.25) is 0 Å². The molecule has 7 nitrogen and oxygen atoms in total. The Bertz CT molecular complexity index is 1120. The molecule has 6 rings (SSSR count). The fraction of sp³-hybridized carbons (Fsp3) is 0.444. The molecule has 1 N–H and O–H groups in total. The molecule has 34 heavy (non-hydrogen) atoms. The molecule has 0 aliphatic carbocycles. The summed E-state index contributed by atoms with van der Waals surface area (Å²) in [4.78, 5) is 16.7. The molecule has 7 heteroatoms. The molecule has 0 radical (unpaired) electrons. The van der Waals surface area contributed by atoms with E-state index in [0.29, 0.717) is 23.6 Å². The van der Waals surface area contributed by atoms with Crippen LogP contribution in [0.25, 0.3) is 11.3 Å².